The summed E-state index contributed by atoms with van der Waals surface area (Å²) in [6.45, 7) is 4.28. The van der Waals surface area contributed by atoms with E-state index in [2.05, 4.69) is 76.0 Å². The first kappa shape index (κ1) is 15.8. The maximum Gasteiger partial charge on any atom is 0.119 e. The first-order chi connectivity index (χ1) is 10.8. The van der Waals surface area contributed by atoms with Crippen LogP contribution in [0.2, 0.25) is 0 Å². The van der Waals surface area contributed by atoms with Crippen molar-refractivity contribution in [1.82, 2.24) is 4.90 Å². The number of piperidine rings is 1. The molecule has 3 heteroatoms. The number of nitrogens with zero attached hydrogens (tertiary/aromatic N) is 1. The molecule has 1 fully saturated rings. The molecule has 1 aliphatic heterocycles. The Hall–Kier alpha value is -1.07. The molecule has 1 saturated heterocycles. The Morgan fingerprint density at radius 2 is 1.68 bits per heavy atom. The lowest BCUT2D eigenvalue weighted by Gasteiger charge is -2.26. The second-order valence-electron chi connectivity index (χ2n) is 5.79. The van der Waals surface area contributed by atoms with E-state index in [4.69, 9.17) is 4.74 Å². The van der Waals surface area contributed by atoms with Crippen molar-refractivity contribution in [1.29, 1.82) is 0 Å². The average molecular weight is 407 g/mol. The number of likely N-dealkylation sites (tertiary alicyclic amines) is 1. The number of rotatable bonds is 5. The molecule has 116 valence electrons. The van der Waals surface area contributed by atoms with Crippen LogP contribution < -0.4 is 4.74 Å². The smallest absolute Gasteiger partial charge is 0.119 e. The van der Waals surface area contributed by atoms with E-state index in [0.717, 1.165) is 18.9 Å². The second-order valence-corrected chi connectivity index (χ2v) is 7.03. The maximum atomic E-state index is 5.88. The predicted molar refractivity (Wildman–Crippen MR) is 100 cm³/mol. The number of hydrogen-bond acceptors (Lipinski definition) is 2. The van der Waals surface area contributed by atoms with Gasteiger partial charge in [0.05, 0.1) is 0 Å². The van der Waals surface area contributed by atoms with Gasteiger partial charge in [0.25, 0.3) is 0 Å². The van der Waals surface area contributed by atoms with Crippen LogP contribution in [0.3, 0.4) is 0 Å². The second kappa shape index (κ2) is 7.97. The van der Waals surface area contributed by atoms with Gasteiger partial charge in [0, 0.05) is 10.1 Å². The first-order valence-electron chi connectivity index (χ1n) is 8.02. The molecule has 0 spiro atoms. The highest BCUT2D eigenvalue weighted by atomic mass is 127. The van der Waals surface area contributed by atoms with Gasteiger partial charge >= 0.3 is 0 Å². The molecule has 0 unspecified atom stereocenters. The van der Waals surface area contributed by atoms with Crippen molar-refractivity contribution in [2.24, 2.45) is 0 Å². The van der Waals surface area contributed by atoms with Gasteiger partial charge in [-0.15, -0.1) is 0 Å². The van der Waals surface area contributed by atoms with Crippen LogP contribution in [0.25, 0.3) is 11.1 Å². The van der Waals surface area contributed by atoms with Gasteiger partial charge in [-0.3, -0.25) is 4.90 Å². The molecule has 2 aromatic carbocycles. The lowest BCUT2D eigenvalue weighted by molar-refractivity contribution is 0.183. The minimum atomic E-state index is 0.780. The molecule has 0 amide bonds. The van der Waals surface area contributed by atoms with Crippen LogP contribution >= 0.6 is 22.6 Å². The summed E-state index contributed by atoms with van der Waals surface area (Å²) >= 11 is 2.35. The van der Waals surface area contributed by atoms with Crippen LogP contribution in [-0.4, -0.2) is 31.1 Å². The summed E-state index contributed by atoms with van der Waals surface area (Å²) in [7, 11) is 0. The summed E-state index contributed by atoms with van der Waals surface area (Å²) in [6.07, 6.45) is 4.06. The Morgan fingerprint density at radius 1 is 0.909 bits per heavy atom. The Morgan fingerprint density at radius 3 is 2.41 bits per heavy atom. The van der Waals surface area contributed by atoms with Gasteiger partial charge in [0.1, 0.15) is 12.4 Å². The Kier molecular flexibility index (Phi) is 5.73. The third-order valence-electron chi connectivity index (χ3n) is 4.14. The van der Waals surface area contributed by atoms with E-state index in [1.165, 1.54) is 47.0 Å². The number of benzene rings is 2. The van der Waals surface area contributed by atoms with Crippen molar-refractivity contribution in [3.05, 3.63) is 52.1 Å². The van der Waals surface area contributed by atoms with E-state index in [1.807, 2.05) is 0 Å². The van der Waals surface area contributed by atoms with E-state index < -0.39 is 0 Å². The molecule has 0 N–H and O–H groups in total. The summed E-state index contributed by atoms with van der Waals surface area (Å²) in [5.74, 6) is 0.964. The lowest BCUT2D eigenvalue weighted by atomic mass is 10.1. The first-order valence-corrected chi connectivity index (χ1v) is 9.10. The van der Waals surface area contributed by atoms with E-state index >= 15 is 0 Å². The molecule has 0 aliphatic carbocycles. The summed E-state index contributed by atoms with van der Waals surface area (Å²) in [6, 6.07) is 17.0. The van der Waals surface area contributed by atoms with Crippen molar-refractivity contribution in [2.45, 2.75) is 19.3 Å². The van der Waals surface area contributed by atoms with Crippen molar-refractivity contribution in [2.75, 3.05) is 26.2 Å². The Bertz CT molecular complexity index is 591. The molecule has 2 nitrogen and oxygen atoms in total. The van der Waals surface area contributed by atoms with Gasteiger partial charge in [-0.05, 0) is 83.9 Å². The number of hydrogen-bond donors (Lipinski definition) is 0. The van der Waals surface area contributed by atoms with E-state index in [1.54, 1.807) is 0 Å². The topological polar surface area (TPSA) is 12.5 Å². The fourth-order valence-electron chi connectivity index (χ4n) is 2.89. The Labute approximate surface area is 146 Å². The zero-order valence-electron chi connectivity index (χ0n) is 12.8. The minimum absolute atomic E-state index is 0.780. The third-order valence-corrected chi connectivity index (χ3v) is 4.81. The third kappa shape index (κ3) is 4.46. The molecule has 0 saturated carbocycles. The van der Waals surface area contributed by atoms with Gasteiger partial charge in [-0.1, -0.05) is 30.7 Å². The Balaban J connectivity index is 1.53. The highest BCUT2D eigenvalue weighted by molar-refractivity contribution is 14.1. The summed E-state index contributed by atoms with van der Waals surface area (Å²) in [5, 5.41) is 0. The quantitative estimate of drug-likeness (QED) is 0.659. The van der Waals surface area contributed by atoms with Crippen LogP contribution in [0.5, 0.6) is 5.75 Å². The van der Waals surface area contributed by atoms with Crippen LogP contribution in [0.15, 0.2) is 48.5 Å². The van der Waals surface area contributed by atoms with Gasteiger partial charge in [-0.2, -0.15) is 0 Å². The van der Waals surface area contributed by atoms with Gasteiger partial charge in [0.2, 0.25) is 0 Å². The molecule has 0 aromatic heterocycles. The standard InChI is InChI=1S/C19H22INO/c20-18-6-4-5-17(15-18)16-7-9-19(10-8-16)22-14-13-21-11-2-1-3-12-21/h4-10,15H,1-3,11-14H2. The SMILES string of the molecule is Ic1cccc(-c2ccc(OCCN3CCCCC3)cc2)c1. The van der Waals surface area contributed by atoms with Crippen LogP contribution in [0, 0.1) is 3.57 Å². The van der Waals surface area contributed by atoms with Crippen molar-refractivity contribution >= 4 is 22.6 Å². The monoisotopic (exact) mass is 407 g/mol. The highest BCUT2D eigenvalue weighted by Crippen LogP contribution is 2.23. The highest BCUT2D eigenvalue weighted by Gasteiger charge is 2.09. The van der Waals surface area contributed by atoms with Crippen molar-refractivity contribution in [3.8, 4) is 16.9 Å². The summed E-state index contributed by atoms with van der Waals surface area (Å²) < 4.78 is 7.14. The number of halogens is 1. The van der Waals surface area contributed by atoms with Gasteiger partial charge in [-0.25, -0.2) is 0 Å². The van der Waals surface area contributed by atoms with Gasteiger partial charge < -0.3 is 4.74 Å². The zero-order chi connectivity index (χ0) is 15.2. The molecule has 3 rings (SSSR count). The van der Waals surface area contributed by atoms with Crippen LogP contribution in [-0.2, 0) is 0 Å². The van der Waals surface area contributed by atoms with Crippen LogP contribution in [0.4, 0.5) is 0 Å². The number of ether oxygens (including phenoxy) is 1. The fourth-order valence-corrected chi connectivity index (χ4v) is 3.43. The molecule has 1 aliphatic rings. The normalized spacial score (nSPS) is 15.7. The van der Waals surface area contributed by atoms with E-state index in [-0.39, 0.29) is 0 Å². The largest absolute Gasteiger partial charge is 0.492 e. The predicted octanol–water partition coefficient (Wildman–Crippen LogP) is 4.82. The molecule has 0 radical (unpaired) electrons. The molecule has 22 heavy (non-hydrogen) atoms. The van der Waals surface area contributed by atoms with Crippen LogP contribution in [0.1, 0.15) is 19.3 Å². The average Bonchev–Trinajstić information content (AvgIpc) is 2.56. The van der Waals surface area contributed by atoms with E-state index in [9.17, 15) is 0 Å². The minimum Gasteiger partial charge on any atom is -0.492 e. The molecule has 0 atom stereocenters. The summed E-state index contributed by atoms with van der Waals surface area (Å²) in [5.41, 5.74) is 2.49. The maximum absolute atomic E-state index is 5.88. The lowest BCUT2D eigenvalue weighted by Crippen LogP contribution is -2.33. The fraction of sp³-hybridized carbons (Fsp3) is 0.368. The van der Waals surface area contributed by atoms with E-state index in [0.29, 0.717) is 0 Å². The van der Waals surface area contributed by atoms with Gasteiger partial charge in [0.15, 0.2) is 0 Å². The summed E-state index contributed by atoms with van der Waals surface area (Å²) in [4.78, 5) is 2.50. The molecule has 2 aromatic rings. The zero-order valence-corrected chi connectivity index (χ0v) is 15.0. The molecule has 0 bridgehead atoms. The molecular weight excluding hydrogens is 385 g/mol. The molecule has 1 heterocycles. The van der Waals surface area contributed by atoms with Crippen molar-refractivity contribution < 1.29 is 4.74 Å². The van der Waals surface area contributed by atoms with Crippen molar-refractivity contribution in [3.63, 3.8) is 0 Å². The molecular formula is C19H22INO.